The van der Waals surface area contributed by atoms with Crippen LogP contribution in [0.4, 0.5) is 0 Å². The molecule has 0 radical (unpaired) electrons. The summed E-state index contributed by atoms with van der Waals surface area (Å²) >= 11 is 0. The van der Waals surface area contributed by atoms with Crippen molar-refractivity contribution < 1.29 is 9.16 Å². The minimum absolute atomic E-state index is 0.0323. The smallest absolute Gasteiger partial charge is 0.195 e. The van der Waals surface area contributed by atoms with Crippen molar-refractivity contribution in [2.45, 2.75) is 82.3 Å². The molecule has 1 aliphatic carbocycles. The van der Waals surface area contributed by atoms with Gasteiger partial charge in [0.05, 0.1) is 18.3 Å². The third kappa shape index (κ3) is 2.53. The van der Waals surface area contributed by atoms with Crippen LogP contribution in [-0.2, 0) is 9.16 Å². The maximum Gasteiger partial charge on any atom is 0.195 e. The molecule has 106 valence electrons. The molecule has 3 nitrogen and oxygen atoms in total. The average Bonchev–Trinajstić information content (AvgIpc) is 2.94. The molecular formula is C14H29NO2Si. The highest BCUT2D eigenvalue weighted by Gasteiger charge is 2.60. The van der Waals surface area contributed by atoms with Crippen LogP contribution in [0.25, 0.3) is 0 Å². The molecule has 1 unspecified atom stereocenters. The molecule has 1 aliphatic heterocycles. The number of ether oxygens (including phenoxy) is 1. The lowest BCUT2D eigenvalue weighted by molar-refractivity contribution is -0.0384. The highest BCUT2D eigenvalue weighted by atomic mass is 28.4. The summed E-state index contributed by atoms with van der Waals surface area (Å²) in [4.78, 5) is 0. The molecule has 1 saturated heterocycles. The fourth-order valence-corrected chi connectivity index (χ4v) is 5.29. The van der Waals surface area contributed by atoms with Gasteiger partial charge in [-0.25, -0.2) is 0 Å². The number of rotatable bonds is 3. The van der Waals surface area contributed by atoms with Crippen molar-refractivity contribution in [1.29, 1.82) is 0 Å². The molecule has 2 rings (SSSR count). The maximum absolute atomic E-state index is 6.56. The first-order chi connectivity index (χ1) is 8.22. The molecule has 2 fully saturated rings. The fourth-order valence-electron chi connectivity index (χ4n) is 2.78. The molecule has 1 heterocycles. The molecule has 0 aromatic carbocycles. The van der Waals surface area contributed by atoms with Crippen LogP contribution >= 0.6 is 0 Å². The Bertz CT molecular complexity index is 307. The first kappa shape index (κ1) is 14.5. The van der Waals surface area contributed by atoms with E-state index in [1.807, 2.05) is 0 Å². The van der Waals surface area contributed by atoms with E-state index >= 15 is 0 Å². The van der Waals surface area contributed by atoms with Crippen molar-refractivity contribution >= 4 is 8.32 Å². The van der Waals surface area contributed by atoms with Crippen LogP contribution in [0.3, 0.4) is 0 Å². The van der Waals surface area contributed by atoms with Gasteiger partial charge in [0.1, 0.15) is 0 Å². The van der Waals surface area contributed by atoms with E-state index in [4.69, 9.17) is 14.9 Å². The van der Waals surface area contributed by atoms with Crippen molar-refractivity contribution in [3.05, 3.63) is 0 Å². The Labute approximate surface area is 113 Å². The zero-order chi connectivity index (χ0) is 13.6. The number of hydrogen-bond acceptors (Lipinski definition) is 3. The second kappa shape index (κ2) is 4.58. The molecule has 4 heteroatoms. The Balaban J connectivity index is 1.96. The molecule has 2 aliphatic rings. The van der Waals surface area contributed by atoms with Gasteiger partial charge < -0.3 is 14.9 Å². The zero-order valence-corrected chi connectivity index (χ0v) is 13.6. The summed E-state index contributed by atoms with van der Waals surface area (Å²) in [5, 5.41) is 0.288. The van der Waals surface area contributed by atoms with Crippen LogP contribution in [-0.4, -0.2) is 32.7 Å². The Hall–Kier alpha value is 0.0969. The molecule has 0 aromatic heterocycles. The molecule has 0 amide bonds. The van der Waals surface area contributed by atoms with Crippen molar-refractivity contribution in [3.63, 3.8) is 0 Å². The van der Waals surface area contributed by atoms with E-state index in [1.54, 1.807) is 0 Å². The van der Waals surface area contributed by atoms with Crippen LogP contribution in [0.1, 0.15) is 47.0 Å². The summed E-state index contributed by atoms with van der Waals surface area (Å²) in [7, 11) is -1.66. The summed E-state index contributed by atoms with van der Waals surface area (Å²) in [5.41, 5.74) is 5.93. The third-order valence-corrected chi connectivity index (χ3v) is 10.5. The van der Waals surface area contributed by atoms with E-state index in [1.165, 1.54) is 6.04 Å². The maximum atomic E-state index is 6.56. The van der Waals surface area contributed by atoms with Crippen LogP contribution < -0.4 is 5.73 Å². The third-order valence-electron chi connectivity index (χ3n) is 5.14. The van der Waals surface area contributed by atoms with Crippen LogP contribution in [0.5, 0.6) is 0 Å². The van der Waals surface area contributed by atoms with Crippen molar-refractivity contribution in [2.24, 2.45) is 5.73 Å². The molecule has 0 bridgehead atoms. The predicted molar refractivity (Wildman–Crippen MR) is 77.2 cm³/mol. The second-order valence-corrected chi connectivity index (χ2v) is 12.2. The van der Waals surface area contributed by atoms with E-state index < -0.39 is 8.32 Å². The van der Waals surface area contributed by atoms with Gasteiger partial charge in [0, 0.05) is 12.5 Å². The van der Waals surface area contributed by atoms with E-state index in [0.717, 1.165) is 19.3 Å². The van der Waals surface area contributed by atoms with E-state index in [-0.39, 0.29) is 16.7 Å². The van der Waals surface area contributed by atoms with Gasteiger partial charge in [0.25, 0.3) is 0 Å². The minimum atomic E-state index is -1.66. The lowest BCUT2D eigenvalue weighted by Gasteiger charge is -2.40. The quantitative estimate of drug-likeness (QED) is 0.802. The normalized spacial score (nSPS) is 39.7. The first-order valence-corrected chi connectivity index (χ1v) is 9.91. The Morgan fingerprint density at radius 3 is 2.56 bits per heavy atom. The number of nitrogens with two attached hydrogens (primary N) is 1. The molecule has 1 saturated carbocycles. The Morgan fingerprint density at radius 1 is 1.44 bits per heavy atom. The average molecular weight is 271 g/mol. The van der Waals surface area contributed by atoms with Gasteiger partial charge in [0.2, 0.25) is 0 Å². The van der Waals surface area contributed by atoms with Gasteiger partial charge in [0.15, 0.2) is 8.32 Å². The van der Waals surface area contributed by atoms with Crippen LogP contribution in [0.15, 0.2) is 0 Å². The number of hydrogen-bond donors (Lipinski definition) is 1. The highest BCUT2D eigenvalue weighted by Crippen LogP contribution is 2.52. The first-order valence-electron chi connectivity index (χ1n) is 7.30. The Kier molecular flexibility index (Phi) is 3.69. The predicted octanol–water partition coefficient (Wildman–Crippen LogP) is 3.05. The van der Waals surface area contributed by atoms with Gasteiger partial charge in [-0.05, 0) is 30.5 Å². The molecular weight excluding hydrogens is 242 g/mol. The standard InChI is InChI=1S/C14H29NO2Si/c1-6-18(5,13(2,3)4)17-12-9-14(12)8-7-11(15)10-16-14/h11-12H,6-10,15H2,1-5H3/t11-,12-,14-,18?/m1/s1. The van der Waals surface area contributed by atoms with Crippen LogP contribution in [0.2, 0.25) is 17.6 Å². The zero-order valence-electron chi connectivity index (χ0n) is 12.6. The molecule has 1 spiro atoms. The van der Waals surface area contributed by atoms with Crippen molar-refractivity contribution in [3.8, 4) is 0 Å². The topological polar surface area (TPSA) is 44.5 Å². The van der Waals surface area contributed by atoms with E-state index in [0.29, 0.717) is 12.7 Å². The molecule has 0 aromatic rings. The SMILES string of the molecule is CC[Si](C)(O[C@@H]1C[C@]12CC[C@@H](N)CO2)C(C)(C)C. The largest absolute Gasteiger partial charge is 0.411 e. The molecule has 2 N–H and O–H groups in total. The summed E-state index contributed by atoms with van der Waals surface area (Å²) in [6, 6.07) is 1.40. The van der Waals surface area contributed by atoms with Gasteiger partial charge in [-0.1, -0.05) is 27.7 Å². The van der Waals surface area contributed by atoms with Crippen molar-refractivity contribution in [2.75, 3.05) is 6.61 Å². The minimum Gasteiger partial charge on any atom is -0.411 e. The monoisotopic (exact) mass is 271 g/mol. The van der Waals surface area contributed by atoms with Gasteiger partial charge >= 0.3 is 0 Å². The Morgan fingerprint density at radius 2 is 2.11 bits per heavy atom. The molecule has 4 atom stereocenters. The summed E-state index contributed by atoms with van der Waals surface area (Å²) in [5.74, 6) is 0. The van der Waals surface area contributed by atoms with E-state index in [2.05, 4.69) is 34.2 Å². The van der Waals surface area contributed by atoms with Gasteiger partial charge in [-0.3, -0.25) is 0 Å². The molecule has 18 heavy (non-hydrogen) atoms. The highest BCUT2D eigenvalue weighted by molar-refractivity contribution is 6.75. The summed E-state index contributed by atoms with van der Waals surface area (Å²) in [6.45, 7) is 12.3. The fraction of sp³-hybridized carbons (Fsp3) is 1.00. The lowest BCUT2D eigenvalue weighted by atomic mass is 10.0. The second-order valence-electron chi connectivity index (χ2n) is 7.32. The summed E-state index contributed by atoms with van der Waals surface area (Å²) < 4.78 is 12.5. The van der Waals surface area contributed by atoms with Crippen LogP contribution in [0, 0.1) is 0 Å². The summed E-state index contributed by atoms with van der Waals surface area (Å²) in [6.07, 6.45) is 3.58. The van der Waals surface area contributed by atoms with E-state index in [9.17, 15) is 0 Å². The lowest BCUT2D eigenvalue weighted by Crippen LogP contribution is -2.46. The van der Waals surface area contributed by atoms with Gasteiger partial charge in [-0.15, -0.1) is 0 Å². The van der Waals surface area contributed by atoms with Crippen molar-refractivity contribution in [1.82, 2.24) is 0 Å². The van der Waals surface area contributed by atoms with Gasteiger partial charge in [-0.2, -0.15) is 0 Å².